The van der Waals surface area contributed by atoms with Crippen molar-refractivity contribution < 1.29 is 14.6 Å². The Labute approximate surface area is 115 Å². The Morgan fingerprint density at radius 1 is 1.37 bits per heavy atom. The zero-order valence-corrected chi connectivity index (χ0v) is 11.9. The Hall–Kier alpha value is -1.66. The van der Waals surface area contributed by atoms with E-state index in [1.807, 2.05) is 11.4 Å². The summed E-state index contributed by atoms with van der Waals surface area (Å²) >= 11 is 1.50. The maximum absolute atomic E-state index is 10.5. The van der Waals surface area contributed by atoms with Crippen molar-refractivity contribution in [2.75, 3.05) is 14.2 Å². The topological polar surface area (TPSA) is 64.5 Å². The van der Waals surface area contributed by atoms with Crippen molar-refractivity contribution in [1.29, 1.82) is 0 Å². The number of ether oxygens (including phenoxy) is 2. The van der Waals surface area contributed by atoms with Crippen LogP contribution in [0.5, 0.6) is 11.8 Å². The van der Waals surface area contributed by atoms with E-state index in [9.17, 15) is 5.11 Å². The molecule has 0 aliphatic carbocycles. The van der Waals surface area contributed by atoms with Gasteiger partial charge >= 0.3 is 0 Å². The second kappa shape index (κ2) is 5.99. The van der Waals surface area contributed by atoms with Gasteiger partial charge in [0.1, 0.15) is 11.8 Å². The second-order valence-corrected chi connectivity index (χ2v) is 4.82. The molecule has 0 aromatic carbocycles. The molecule has 0 spiro atoms. The van der Waals surface area contributed by atoms with Crippen molar-refractivity contribution in [1.82, 2.24) is 9.97 Å². The molecule has 0 saturated heterocycles. The number of thiophene rings is 1. The van der Waals surface area contributed by atoms with Gasteiger partial charge in [-0.15, -0.1) is 11.3 Å². The van der Waals surface area contributed by atoms with Crippen LogP contribution >= 0.6 is 11.3 Å². The van der Waals surface area contributed by atoms with Crippen LogP contribution in [0.2, 0.25) is 0 Å². The summed E-state index contributed by atoms with van der Waals surface area (Å²) in [7, 11) is 3.00. The average Bonchev–Trinajstić information content (AvgIpc) is 2.94. The van der Waals surface area contributed by atoms with Gasteiger partial charge in [-0.25, -0.2) is 4.98 Å². The van der Waals surface area contributed by atoms with Crippen LogP contribution in [0, 0.1) is 0 Å². The summed E-state index contributed by atoms with van der Waals surface area (Å²) in [6.07, 6.45) is 1.51. The standard InChI is InChI=1S/C13H16N2O3S/c1-4-8-5-6-19-12(8)11(16)10-13(18-3)15-9(17-2)7-14-10/h5-7,11,16H,4H2,1-3H3. The Morgan fingerprint density at radius 3 is 2.79 bits per heavy atom. The molecule has 0 aliphatic rings. The number of aliphatic hydroxyl groups is 1. The molecule has 2 rings (SSSR count). The van der Waals surface area contributed by atoms with Crippen LogP contribution in [0.15, 0.2) is 17.6 Å². The molecule has 6 heteroatoms. The first-order valence-electron chi connectivity index (χ1n) is 5.90. The monoisotopic (exact) mass is 280 g/mol. The van der Waals surface area contributed by atoms with Crippen LogP contribution in [0.25, 0.3) is 0 Å². The highest BCUT2D eigenvalue weighted by Crippen LogP contribution is 2.33. The summed E-state index contributed by atoms with van der Waals surface area (Å²) in [6.45, 7) is 2.05. The maximum atomic E-state index is 10.5. The molecule has 1 unspecified atom stereocenters. The van der Waals surface area contributed by atoms with Gasteiger partial charge in [0.25, 0.3) is 0 Å². The van der Waals surface area contributed by atoms with E-state index in [-0.39, 0.29) is 5.88 Å². The number of aromatic nitrogens is 2. The van der Waals surface area contributed by atoms with E-state index < -0.39 is 6.10 Å². The van der Waals surface area contributed by atoms with E-state index in [0.29, 0.717) is 11.6 Å². The molecule has 0 aliphatic heterocycles. The van der Waals surface area contributed by atoms with Gasteiger partial charge in [-0.3, -0.25) is 0 Å². The highest BCUT2D eigenvalue weighted by molar-refractivity contribution is 7.10. The highest BCUT2D eigenvalue weighted by atomic mass is 32.1. The number of nitrogens with zero attached hydrogens (tertiary/aromatic N) is 2. The van der Waals surface area contributed by atoms with Crippen molar-refractivity contribution in [2.45, 2.75) is 19.4 Å². The van der Waals surface area contributed by atoms with Crippen LogP contribution in [-0.2, 0) is 6.42 Å². The molecule has 5 nitrogen and oxygen atoms in total. The number of hydrogen-bond acceptors (Lipinski definition) is 6. The number of aliphatic hydroxyl groups excluding tert-OH is 1. The Morgan fingerprint density at radius 2 is 2.16 bits per heavy atom. The van der Waals surface area contributed by atoms with Crippen molar-refractivity contribution in [2.24, 2.45) is 0 Å². The van der Waals surface area contributed by atoms with E-state index in [2.05, 4.69) is 16.9 Å². The lowest BCUT2D eigenvalue weighted by Gasteiger charge is -2.13. The van der Waals surface area contributed by atoms with E-state index in [0.717, 1.165) is 16.9 Å². The molecule has 2 aromatic rings. The first-order valence-corrected chi connectivity index (χ1v) is 6.78. The SMILES string of the molecule is CCc1ccsc1C(O)c1ncc(OC)nc1OC. The first kappa shape index (κ1) is 13.8. The molecule has 0 amide bonds. The lowest BCUT2D eigenvalue weighted by Crippen LogP contribution is -2.07. The minimum atomic E-state index is -0.830. The number of rotatable bonds is 5. The van der Waals surface area contributed by atoms with Crippen molar-refractivity contribution >= 4 is 11.3 Å². The fraction of sp³-hybridized carbons (Fsp3) is 0.385. The van der Waals surface area contributed by atoms with Gasteiger partial charge in [-0.2, -0.15) is 4.98 Å². The van der Waals surface area contributed by atoms with Gasteiger partial charge in [0.2, 0.25) is 11.8 Å². The molecule has 2 aromatic heterocycles. The maximum Gasteiger partial charge on any atom is 0.241 e. The molecular weight excluding hydrogens is 264 g/mol. The third-order valence-electron chi connectivity index (χ3n) is 2.82. The van der Waals surface area contributed by atoms with Crippen LogP contribution < -0.4 is 9.47 Å². The average molecular weight is 280 g/mol. The second-order valence-electron chi connectivity index (χ2n) is 3.87. The minimum absolute atomic E-state index is 0.280. The fourth-order valence-corrected chi connectivity index (χ4v) is 2.79. The quantitative estimate of drug-likeness (QED) is 0.909. The van der Waals surface area contributed by atoms with Crippen molar-refractivity contribution in [3.8, 4) is 11.8 Å². The van der Waals surface area contributed by atoms with Crippen LogP contribution in [0.1, 0.15) is 29.2 Å². The lowest BCUT2D eigenvalue weighted by atomic mass is 10.1. The zero-order valence-electron chi connectivity index (χ0n) is 11.1. The lowest BCUT2D eigenvalue weighted by molar-refractivity contribution is 0.209. The highest BCUT2D eigenvalue weighted by Gasteiger charge is 2.22. The number of methoxy groups -OCH3 is 2. The van der Waals surface area contributed by atoms with Gasteiger partial charge in [0.15, 0.2) is 0 Å². The van der Waals surface area contributed by atoms with Crippen LogP contribution in [0.3, 0.4) is 0 Å². The Bertz CT molecular complexity index is 557. The van der Waals surface area contributed by atoms with Gasteiger partial charge in [0, 0.05) is 4.88 Å². The largest absolute Gasteiger partial charge is 0.480 e. The molecule has 102 valence electrons. The third-order valence-corrected chi connectivity index (χ3v) is 3.83. The van der Waals surface area contributed by atoms with Crippen molar-refractivity contribution in [3.63, 3.8) is 0 Å². The van der Waals surface area contributed by atoms with Gasteiger partial charge in [-0.1, -0.05) is 6.92 Å². The molecule has 0 fully saturated rings. The summed E-state index contributed by atoms with van der Waals surface area (Å²) < 4.78 is 10.2. The van der Waals surface area contributed by atoms with Gasteiger partial charge in [0.05, 0.1) is 20.4 Å². The Kier molecular flexibility index (Phi) is 4.34. The summed E-state index contributed by atoms with van der Waals surface area (Å²) in [5, 5.41) is 12.4. The molecule has 0 saturated carbocycles. The molecule has 0 bridgehead atoms. The predicted molar refractivity (Wildman–Crippen MR) is 72.9 cm³/mol. The smallest absolute Gasteiger partial charge is 0.241 e. The molecule has 0 radical (unpaired) electrons. The molecule has 2 heterocycles. The van der Waals surface area contributed by atoms with E-state index in [1.165, 1.54) is 31.8 Å². The summed E-state index contributed by atoms with van der Waals surface area (Å²) in [5.74, 6) is 0.636. The Balaban J connectivity index is 2.41. The summed E-state index contributed by atoms with van der Waals surface area (Å²) in [5.41, 5.74) is 1.51. The van der Waals surface area contributed by atoms with Gasteiger partial charge in [-0.05, 0) is 23.4 Å². The zero-order chi connectivity index (χ0) is 13.8. The third kappa shape index (κ3) is 2.69. The first-order chi connectivity index (χ1) is 9.21. The van der Waals surface area contributed by atoms with Crippen molar-refractivity contribution in [3.05, 3.63) is 33.8 Å². The fourth-order valence-electron chi connectivity index (χ4n) is 1.81. The van der Waals surface area contributed by atoms with Gasteiger partial charge < -0.3 is 14.6 Å². The molecule has 19 heavy (non-hydrogen) atoms. The normalized spacial score (nSPS) is 12.2. The summed E-state index contributed by atoms with van der Waals surface area (Å²) in [4.78, 5) is 9.20. The van der Waals surface area contributed by atoms with Crippen LogP contribution in [-0.4, -0.2) is 29.3 Å². The molecular formula is C13H16N2O3S. The molecule has 1 atom stereocenters. The van der Waals surface area contributed by atoms with E-state index in [1.54, 1.807) is 0 Å². The summed E-state index contributed by atoms with van der Waals surface area (Å²) in [6, 6.07) is 2.01. The molecule has 1 N–H and O–H groups in total. The van der Waals surface area contributed by atoms with E-state index in [4.69, 9.17) is 9.47 Å². The van der Waals surface area contributed by atoms with E-state index >= 15 is 0 Å². The number of hydrogen-bond donors (Lipinski definition) is 1. The minimum Gasteiger partial charge on any atom is -0.480 e. The predicted octanol–water partition coefficient (Wildman–Crippen LogP) is 2.20. The number of aryl methyl sites for hydroxylation is 1. The van der Waals surface area contributed by atoms with Crippen LogP contribution in [0.4, 0.5) is 0 Å².